The van der Waals surface area contributed by atoms with Crippen LogP contribution in [0.4, 0.5) is 0 Å². The molecule has 0 nitrogen and oxygen atoms in total. The van der Waals surface area contributed by atoms with Crippen molar-refractivity contribution >= 4 is 19.8 Å². The van der Waals surface area contributed by atoms with E-state index in [9.17, 15) is 0 Å². The van der Waals surface area contributed by atoms with E-state index in [1.165, 1.54) is 0 Å². The largest absolute Gasteiger partial charge is 1.00 e. The maximum atomic E-state index is 6.32. The Balaban J connectivity index is -0.0000000275. The van der Waals surface area contributed by atoms with Crippen LogP contribution in [0, 0.1) is 0 Å². The van der Waals surface area contributed by atoms with E-state index in [4.69, 9.17) is 0.594 Å². The average molecular weight is 228 g/mol. The standard InChI is InChI=1S/CH4I.FH.HPS/c1-2;;1-2/h2H,1H3;1H;1H/q-1;;/p-1/i2T;;. The van der Waals surface area contributed by atoms with Crippen LogP contribution in [0.2, 0.25) is 0 Å². The topological polar surface area (TPSA) is 0 Å². The molecule has 0 aliphatic heterocycles. The molecule has 36 valence electrons. The number of hydrogen-bond donors (Lipinski definition) is 0. The van der Waals surface area contributed by atoms with Gasteiger partial charge in [-0.25, -0.2) is 0 Å². The first-order valence-corrected chi connectivity index (χ1v) is 4.37. The van der Waals surface area contributed by atoms with Crippen molar-refractivity contribution in [3.63, 3.8) is 0 Å². The van der Waals surface area contributed by atoms with Crippen LogP contribution in [0.15, 0.2) is 0 Å². The van der Waals surface area contributed by atoms with Crippen LogP contribution >= 0.6 is 8.02 Å². The van der Waals surface area contributed by atoms with E-state index < -0.39 is 0 Å². The molecule has 0 aromatic carbocycles. The number of rotatable bonds is 0. The fraction of sp³-hybridized carbons (Fsp3) is 1.00. The van der Waals surface area contributed by atoms with E-state index in [1.807, 2.05) is 4.93 Å². The summed E-state index contributed by atoms with van der Waals surface area (Å²) in [5.74, 6) is 0. The summed E-state index contributed by atoms with van der Waals surface area (Å²) in [5, 5.41) is 0. The van der Waals surface area contributed by atoms with Crippen molar-refractivity contribution in [2.75, 3.05) is 4.93 Å². The van der Waals surface area contributed by atoms with Gasteiger partial charge < -0.3 is 4.70 Å². The molecule has 0 aliphatic carbocycles. The molecule has 0 unspecified atom stereocenters. The molecule has 0 spiro atoms. The number of hydrogen-bond acceptors (Lipinski definition) is 1. The molecule has 0 amide bonds. The van der Waals surface area contributed by atoms with E-state index in [-0.39, 0.29) is 27.1 Å². The Kier molecular flexibility index (Phi) is 123. The normalized spacial score (nSPS) is 5.40. The van der Waals surface area contributed by atoms with Gasteiger partial charge in [-0.2, -0.15) is 0 Å². The van der Waals surface area contributed by atoms with Crippen molar-refractivity contribution in [1.29, 1.82) is 0.594 Å². The van der Waals surface area contributed by atoms with Crippen LogP contribution in [0.1, 0.15) is 0 Å². The van der Waals surface area contributed by atoms with Gasteiger partial charge in [0, 0.05) is 0 Å². The SMILES string of the molecule is P=S.[3H][I-]C.[F-]. The van der Waals surface area contributed by atoms with E-state index in [1.54, 1.807) is 0 Å². The third kappa shape index (κ3) is 37.6. The Morgan fingerprint density at radius 1 is 2.00 bits per heavy atom. The van der Waals surface area contributed by atoms with Crippen molar-refractivity contribution in [3.8, 4) is 0 Å². The Morgan fingerprint density at radius 2 is 2.00 bits per heavy atom. The minimum Gasteiger partial charge on any atom is -1.00 e. The zero-order chi connectivity index (χ0) is 4.71. The molecule has 0 N–H and O–H groups in total. The first-order valence-electron chi connectivity index (χ1n) is 0.960. The zero-order valence-corrected chi connectivity index (χ0v) is 6.64. The van der Waals surface area contributed by atoms with Crippen molar-refractivity contribution in [1.82, 2.24) is 0 Å². The summed E-state index contributed by atoms with van der Waals surface area (Å²) in [6.45, 7) is 0. The van der Waals surface area contributed by atoms with Crippen LogP contribution in [0.5, 0.6) is 0 Å². The van der Waals surface area contributed by atoms with Gasteiger partial charge in [0.25, 0.3) is 0 Å². The van der Waals surface area contributed by atoms with Gasteiger partial charge in [-0.15, -0.1) is 0 Å². The van der Waals surface area contributed by atoms with Gasteiger partial charge >= 0.3 is 27.9 Å². The quantitative estimate of drug-likeness (QED) is 0.226. The Bertz CT molecular complexity index is 19.5. The maximum absolute atomic E-state index is 6.32. The summed E-state index contributed by atoms with van der Waals surface area (Å²) in [6, 6.07) is 0. The minimum atomic E-state index is -0.160. The molecule has 0 aromatic rings. The second-order valence-electron chi connectivity index (χ2n) is 0. The molecule has 0 fully saturated rings. The monoisotopic (exact) mass is 228 g/mol. The predicted molar refractivity (Wildman–Crippen MR) is 23.0 cm³/mol. The van der Waals surface area contributed by atoms with E-state index in [0.29, 0.717) is 0 Å². The van der Waals surface area contributed by atoms with Crippen LogP contribution in [0.25, 0.3) is 0 Å². The van der Waals surface area contributed by atoms with Crippen molar-refractivity contribution in [3.05, 3.63) is 0 Å². The summed E-state index contributed by atoms with van der Waals surface area (Å²) >= 11 is 3.73. The minimum absolute atomic E-state index is 0. The zero-order valence-electron chi connectivity index (χ0n) is 3.66. The van der Waals surface area contributed by atoms with E-state index in [0.717, 1.165) is 0 Å². The average Bonchev–Trinajstić information content (AvgIpc) is 1.46. The fourth-order valence-corrected chi connectivity index (χ4v) is 0. The molecule has 4 heteroatoms. The third-order valence-electron chi connectivity index (χ3n) is 0. The number of halogens is 2. The van der Waals surface area contributed by atoms with Crippen LogP contribution in [-0.4, -0.2) is 5.52 Å². The maximum Gasteiger partial charge on any atom is -1.00 e. The summed E-state index contributed by atoms with van der Waals surface area (Å²) in [4.78, 5) is 1.90. The summed E-state index contributed by atoms with van der Waals surface area (Å²) in [5.41, 5.74) is 0. The second-order valence-corrected chi connectivity index (χ2v) is 0. The van der Waals surface area contributed by atoms with Crippen LogP contribution < -0.4 is 27.1 Å². The molecule has 0 rings (SSSR count). The van der Waals surface area contributed by atoms with Crippen LogP contribution in [-0.2, 0) is 11.8 Å². The van der Waals surface area contributed by atoms with Crippen molar-refractivity contribution in [2.45, 2.75) is 0 Å². The van der Waals surface area contributed by atoms with Gasteiger partial charge in [0.15, 0.2) is 0 Å². The van der Waals surface area contributed by atoms with Gasteiger partial charge in [-0.1, -0.05) is 11.8 Å². The van der Waals surface area contributed by atoms with Crippen molar-refractivity contribution < 1.29 is 27.1 Å². The first-order chi connectivity index (χ1) is 2.41. The molecule has 0 saturated carbocycles. The van der Waals surface area contributed by atoms with Crippen molar-refractivity contribution in [2.24, 2.45) is 0 Å². The van der Waals surface area contributed by atoms with Gasteiger partial charge in [-0.3, -0.25) is 0 Å². The molecule has 5 heavy (non-hydrogen) atoms. The fourth-order valence-electron chi connectivity index (χ4n) is 0. The van der Waals surface area contributed by atoms with Gasteiger partial charge in [0.1, 0.15) is 0 Å². The summed E-state index contributed by atoms with van der Waals surface area (Å²) in [6.07, 6.45) is 0. The first kappa shape index (κ1) is 9.49. The Labute approximate surface area is 52.6 Å². The molecule has 0 bridgehead atoms. The third-order valence-corrected chi connectivity index (χ3v) is 0. The van der Waals surface area contributed by atoms with Gasteiger partial charge in [0.2, 0.25) is 0 Å². The Morgan fingerprint density at radius 3 is 2.00 bits per heavy atom. The Hall–Kier alpha value is 1.18. The van der Waals surface area contributed by atoms with E-state index in [2.05, 4.69) is 19.8 Å². The van der Waals surface area contributed by atoms with E-state index >= 15 is 0 Å². The molecule has 0 heterocycles. The summed E-state index contributed by atoms with van der Waals surface area (Å²) in [7, 11) is 2.56. The van der Waals surface area contributed by atoms with Gasteiger partial charge in [0.05, 0.1) is 0 Å². The molecule has 0 aliphatic rings. The molecule has 0 saturated heterocycles. The summed E-state index contributed by atoms with van der Waals surface area (Å²) < 4.78 is 6.32. The smallest absolute Gasteiger partial charge is 1.00 e. The van der Waals surface area contributed by atoms with Gasteiger partial charge in [-0.05, 0) is 8.02 Å². The number of alkyl halides is 1. The molecule has 0 aromatic heterocycles. The van der Waals surface area contributed by atoms with Crippen LogP contribution in [0.3, 0.4) is 0 Å². The second kappa shape index (κ2) is 65.0. The molecule has 0 atom stereocenters. The molecule has 0 radical (unpaired) electrons. The molecular weight excluding hydrogens is 221 g/mol. The predicted octanol–water partition coefficient (Wildman–Crippen LogP) is -5.50. The molecular formula is CH5FIPS-2.